The molecule has 3 unspecified atom stereocenters. The summed E-state index contributed by atoms with van der Waals surface area (Å²) in [5.74, 6) is 0. The Morgan fingerprint density at radius 1 is 1.58 bits per heavy atom. The minimum absolute atomic E-state index is 0.0163. The van der Waals surface area contributed by atoms with Crippen LogP contribution in [0.2, 0.25) is 0 Å². The maximum Gasteiger partial charge on any atom is 0.0979 e. The number of likely N-dealkylation sites (N-methyl/N-ethyl adjacent to an activating group) is 1. The zero-order valence-corrected chi connectivity index (χ0v) is 7.60. The fraction of sp³-hybridized carbons (Fsp3) is 1.00. The Morgan fingerprint density at radius 3 is 2.75 bits per heavy atom. The monoisotopic (exact) mass is 175 g/mol. The number of piperidine rings is 1. The third kappa shape index (κ3) is 1.77. The van der Waals surface area contributed by atoms with E-state index in [1.807, 2.05) is 11.9 Å². The van der Waals surface area contributed by atoms with E-state index in [0.717, 1.165) is 13.0 Å². The van der Waals surface area contributed by atoms with Gasteiger partial charge in [-0.25, -0.2) is 0 Å². The van der Waals surface area contributed by atoms with Crippen molar-refractivity contribution in [1.82, 2.24) is 4.90 Å². The fourth-order valence-corrected chi connectivity index (χ4v) is 1.68. The minimum atomic E-state index is -0.571. The summed E-state index contributed by atoms with van der Waals surface area (Å²) in [7, 11) is 3.49. The zero-order chi connectivity index (χ0) is 9.14. The van der Waals surface area contributed by atoms with Gasteiger partial charge >= 0.3 is 0 Å². The Morgan fingerprint density at radius 2 is 2.25 bits per heavy atom. The Labute approximate surface area is 72.7 Å². The molecule has 72 valence electrons. The highest BCUT2D eigenvalue weighted by Gasteiger charge is 2.34. The Kier molecular flexibility index (Phi) is 3.46. The molecule has 12 heavy (non-hydrogen) atoms. The first-order valence-corrected chi connectivity index (χ1v) is 4.22. The first-order chi connectivity index (χ1) is 5.70. The van der Waals surface area contributed by atoms with Crippen LogP contribution in [0, 0.1) is 0 Å². The average Bonchev–Trinajstić information content (AvgIpc) is 2.06. The van der Waals surface area contributed by atoms with Crippen LogP contribution in [0.4, 0.5) is 0 Å². The van der Waals surface area contributed by atoms with Gasteiger partial charge in [-0.05, 0) is 13.5 Å². The van der Waals surface area contributed by atoms with Crippen molar-refractivity contribution in [3.05, 3.63) is 0 Å². The van der Waals surface area contributed by atoms with E-state index < -0.39 is 6.10 Å². The molecule has 0 aromatic heterocycles. The first-order valence-electron chi connectivity index (χ1n) is 4.22. The summed E-state index contributed by atoms with van der Waals surface area (Å²) in [5.41, 5.74) is 0. The van der Waals surface area contributed by atoms with Gasteiger partial charge in [-0.2, -0.15) is 0 Å². The van der Waals surface area contributed by atoms with Crippen molar-refractivity contribution in [1.29, 1.82) is 0 Å². The van der Waals surface area contributed by atoms with Gasteiger partial charge in [-0.15, -0.1) is 0 Å². The number of nitrogens with zero attached hydrogens (tertiary/aromatic N) is 1. The third-order valence-corrected chi connectivity index (χ3v) is 2.60. The fourth-order valence-electron chi connectivity index (χ4n) is 1.68. The molecule has 0 aromatic rings. The largest absolute Gasteiger partial charge is 0.395 e. The van der Waals surface area contributed by atoms with E-state index in [9.17, 15) is 5.11 Å². The van der Waals surface area contributed by atoms with Crippen molar-refractivity contribution in [2.75, 3.05) is 27.3 Å². The molecular formula is C8H17NO3. The lowest BCUT2D eigenvalue weighted by atomic mass is 9.97. The molecule has 0 spiro atoms. The second-order valence-electron chi connectivity index (χ2n) is 3.28. The van der Waals surface area contributed by atoms with Crippen molar-refractivity contribution in [3.63, 3.8) is 0 Å². The number of hydrogen-bond acceptors (Lipinski definition) is 4. The molecule has 0 aromatic carbocycles. The number of hydrogen-bond donors (Lipinski definition) is 2. The van der Waals surface area contributed by atoms with Crippen LogP contribution < -0.4 is 0 Å². The van der Waals surface area contributed by atoms with E-state index in [1.54, 1.807) is 7.11 Å². The third-order valence-electron chi connectivity index (χ3n) is 2.60. The number of likely N-dealkylation sites (tertiary alicyclic amines) is 1. The lowest BCUT2D eigenvalue weighted by Crippen LogP contribution is -2.55. The maximum absolute atomic E-state index is 9.67. The lowest BCUT2D eigenvalue weighted by Gasteiger charge is -2.39. The standard InChI is InChI=1S/C8H17NO3/c1-9-4-3-7(12-2)8(11)6(9)5-10/h6-8,10-11H,3-5H2,1-2H3. The topological polar surface area (TPSA) is 52.9 Å². The van der Waals surface area contributed by atoms with E-state index in [2.05, 4.69) is 0 Å². The summed E-state index contributed by atoms with van der Waals surface area (Å²) in [6.07, 6.45) is 0.127. The molecule has 2 N–H and O–H groups in total. The predicted octanol–water partition coefficient (Wildman–Crippen LogP) is -0.941. The first kappa shape index (κ1) is 9.92. The van der Waals surface area contributed by atoms with Crippen molar-refractivity contribution >= 4 is 0 Å². The van der Waals surface area contributed by atoms with Crippen molar-refractivity contribution in [3.8, 4) is 0 Å². The van der Waals surface area contributed by atoms with Crippen LogP contribution in [0.15, 0.2) is 0 Å². The summed E-state index contributed by atoms with van der Waals surface area (Å²) < 4.78 is 5.10. The van der Waals surface area contributed by atoms with Crippen LogP contribution in [0.1, 0.15) is 6.42 Å². The second kappa shape index (κ2) is 4.18. The smallest absolute Gasteiger partial charge is 0.0979 e. The van der Waals surface area contributed by atoms with E-state index in [-0.39, 0.29) is 18.8 Å². The molecule has 1 aliphatic rings. The van der Waals surface area contributed by atoms with Crippen molar-refractivity contribution in [2.24, 2.45) is 0 Å². The summed E-state index contributed by atoms with van der Waals surface area (Å²) in [6, 6.07) is -0.177. The van der Waals surface area contributed by atoms with Gasteiger partial charge in [0.05, 0.1) is 24.9 Å². The second-order valence-corrected chi connectivity index (χ2v) is 3.28. The Bertz CT molecular complexity index is 142. The molecule has 1 saturated heterocycles. The van der Waals surface area contributed by atoms with Gasteiger partial charge in [-0.3, -0.25) is 4.90 Å². The molecule has 0 saturated carbocycles. The molecule has 1 fully saturated rings. The van der Waals surface area contributed by atoms with Crippen molar-refractivity contribution < 1.29 is 14.9 Å². The quantitative estimate of drug-likeness (QED) is 0.568. The molecule has 4 nitrogen and oxygen atoms in total. The molecule has 1 heterocycles. The molecule has 3 atom stereocenters. The summed E-state index contributed by atoms with van der Waals surface area (Å²) in [5, 5.41) is 18.7. The molecule has 0 amide bonds. The van der Waals surface area contributed by atoms with Crippen LogP contribution in [-0.2, 0) is 4.74 Å². The van der Waals surface area contributed by atoms with E-state index in [1.165, 1.54) is 0 Å². The highest BCUT2D eigenvalue weighted by molar-refractivity contribution is 4.88. The predicted molar refractivity (Wildman–Crippen MR) is 44.9 cm³/mol. The summed E-state index contributed by atoms with van der Waals surface area (Å²) >= 11 is 0. The van der Waals surface area contributed by atoms with Gasteiger partial charge in [0, 0.05) is 13.7 Å². The van der Waals surface area contributed by atoms with Crippen LogP contribution in [0.25, 0.3) is 0 Å². The van der Waals surface area contributed by atoms with E-state index in [0.29, 0.717) is 0 Å². The molecule has 1 rings (SSSR count). The number of aliphatic hydroxyl groups excluding tert-OH is 2. The van der Waals surface area contributed by atoms with E-state index in [4.69, 9.17) is 9.84 Å². The SMILES string of the molecule is COC1CCN(C)C(CO)C1O. The van der Waals surface area contributed by atoms with Crippen LogP contribution in [0.5, 0.6) is 0 Å². The van der Waals surface area contributed by atoms with Gasteiger partial charge in [0.1, 0.15) is 0 Å². The number of aliphatic hydroxyl groups is 2. The van der Waals surface area contributed by atoms with Crippen LogP contribution in [-0.4, -0.2) is 60.7 Å². The van der Waals surface area contributed by atoms with E-state index >= 15 is 0 Å². The summed E-state index contributed by atoms with van der Waals surface area (Å²) in [4.78, 5) is 1.96. The molecule has 0 bridgehead atoms. The van der Waals surface area contributed by atoms with Crippen LogP contribution >= 0.6 is 0 Å². The normalized spacial score (nSPS) is 38.5. The van der Waals surface area contributed by atoms with Crippen LogP contribution in [0.3, 0.4) is 0 Å². The lowest BCUT2D eigenvalue weighted by molar-refractivity contribution is -0.0971. The highest BCUT2D eigenvalue weighted by Crippen LogP contribution is 2.18. The van der Waals surface area contributed by atoms with Gasteiger partial charge in [0.15, 0.2) is 0 Å². The zero-order valence-electron chi connectivity index (χ0n) is 7.60. The molecule has 0 aliphatic carbocycles. The van der Waals surface area contributed by atoms with Gasteiger partial charge in [0.25, 0.3) is 0 Å². The summed E-state index contributed by atoms with van der Waals surface area (Å²) in [6.45, 7) is 0.846. The van der Waals surface area contributed by atoms with Gasteiger partial charge in [-0.1, -0.05) is 0 Å². The van der Waals surface area contributed by atoms with Crippen molar-refractivity contribution in [2.45, 2.75) is 24.7 Å². The number of ether oxygens (including phenoxy) is 1. The highest BCUT2D eigenvalue weighted by atomic mass is 16.5. The van der Waals surface area contributed by atoms with Gasteiger partial charge in [0.2, 0.25) is 0 Å². The molecular weight excluding hydrogens is 158 g/mol. The number of methoxy groups -OCH3 is 1. The Balaban J connectivity index is 2.56. The Hall–Kier alpha value is -0.160. The van der Waals surface area contributed by atoms with Gasteiger partial charge < -0.3 is 14.9 Å². The maximum atomic E-state index is 9.67. The molecule has 0 radical (unpaired) electrons. The average molecular weight is 175 g/mol. The minimum Gasteiger partial charge on any atom is -0.395 e. The number of rotatable bonds is 2. The molecule has 4 heteroatoms. The molecule has 1 aliphatic heterocycles.